The molecular weight excluding hydrogens is 515 g/mol. The molecule has 0 radical (unpaired) electrons. The molecule has 0 bridgehead atoms. The summed E-state index contributed by atoms with van der Waals surface area (Å²) in [6.45, 7) is 0. The van der Waals surface area contributed by atoms with Gasteiger partial charge in [-0.05, 0) is 35.4 Å². The number of hydrogen-bond donors (Lipinski definition) is 3. The number of rotatable bonds is 12. The molecule has 3 aromatic carbocycles. The van der Waals surface area contributed by atoms with Crippen LogP contribution in [0.4, 0.5) is 13.2 Å². The fraction of sp³-hybridized carbons (Fsp3) is 0.250. The van der Waals surface area contributed by atoms with E-state index in [0.29, 0.717) is 22.6 Å². The van der Waals surface area contributed by atoms with Crippen LogP contribution < -0.4 is 20.9 Å². The van der Waals surface area contributed by atoms with Gasteiger partial charge in [0.25, 0.3) is 0 Å². The van der Waals surface area contributed by atoms with Gasteiger partial charge in [0.1, 0.15) is 23.6 Å². The third-order valence-corrected chi connectivity index (χ3v) is 5.54. The minimum atomic E-state index is -4.86. The summed E-state index contributed by atoms with van der Waals surface area (Å²) in [4.78, 5) is 36.8. The van der Waals surface area contributed by atoms with Gasteiger partial charge in [-0.15, -0.1) is 0 Å². The van der Waals surface area contributed by atoms with Gasteiger partial charge in [-0.1, -0.05) is 60.7 Å². The highest BCUT2D eigenvalue weighted by molar-refractivity contribution is 5.85. The van der Waals surface area contributed by atoms with Crippen molar-refractivity contribution < 1.29 is 37.0 Å². The van der Waals surface area contributed by atoms with Gasteiger partial charge in [0, 0.05) is 6.42 Å². The van der Waals surface area contributed by atoms with Crippen molar-refractivity contribution in [1.82, 2.24) is 16.2 Å². The smallest absolute Gasteiger partial charge is 0.406 e. The molecular formula is C28H28F3N3O5. The molecule has 2 amide bonds. The van der Waals surface area contributed by atoms with Crippen molar-refractivity contribution in [3.63, 3.8) is 0 Å². The van der Waals surface area contributed by atoms with Crippen LogP contribution in [0.1, 0.15) is 17.5 Å². The van der Waals surface area contributed by atoms with Gasteiger partial charge in [-0.25, -0.2) is 10.2 Å². The molecule has 3 rings (SSSR count). The van der Waals surface area contributed by atoms with E-state index in [4.69, 9.17) is 4.74 Å². The first kappa shape index (κ1) is 29.2. The van der Waals surface area contributed by atoms with Crippen molar-refractivity contribution in [3.05, 3.63) is 96.1 Å². The van der Waals surface area contributed by atoms with Gasteiger partial charge in [0.15, 0.2) is 0 Å². The molecule has 0 heterocycles. The Hall–Kier alpha value is -4.38. The van der Waals surface area contributed by atoms with Crippen molar-refractivity contribution in [1.29, 1.82) is 0 Å². The van der Waals surface area contributed by atoms with Crippen molar-refractivity contribution in [2.24, 2.45) is 0 Å². The van der Waals surface area contributed by atoms with Crippen molar-refractivity contribution in [2.45, 2.75) is 37.5 Å². The lowest BCUT2D eigenvalue weighted by Gasteiger charge is -2.23. The van der Waals surface area contributed by atoms with Crippen molar-refractivity contribution in [3.8, 4) is 11.5 Å². The molecule has 0 saturated heterocycles. The number of amides is 2. The predicted octanol–water partition coefficient (Wildman–Crippen LogP) is 3.86. The van der Waals surface area contributed by atoms with E-state index in [1.807, 2.05) is 29.1 Å². The lowest BCUT2D eigenvalue weighted by Crippen LogP contribution is -2.54. The number of hydrogen-bond acceptors (Lipinski definition) is 6. The number of esters is 1. The van der Waals surface area contributed by atoms with E-state index in [2.05, 4.69) is 10.1 Å². The van der Waals surface area contributed by atoms with Gasteiger partial charge in [-0.3, -0.25) is 15.0 Å². The molecule has 0 saturated carbocycles. The van der Waals surface area contributed by atoms with E-state index in [1.54, 1.807) is 66.7 Å². The summed E-state index contributed by atoms with van der Waals surface area (Å²) in [6.07, 6.45) is -6.11. The van der Waals surface area contributed by atoms with Crippen molar-refractivity contribution >= 4 is 17.8 Å². The van der Waals surface area contributed by atoms with E-state index in [9.17, 15) is 27.6 Å². The summed E-state index contributed by atoms with van der Waals surface area (Å²) >= 11 is 0. The normalized spacial score (nSPS) is 12.6. The highest BCUT2D eigenvalue weighted by Crippen LogP contribution is 2.23. The molecule has 0 aliphatic carbocycles. The maximum Gasteiger partial charge on any atom is 0.406 e. The summed E-state index contributed by atoms with van der Waals surface area (Å²) < 4.78 is 51.1. The fourth-order valence-corrected chi connectivity index (χ4v) is 3.57. The van der Waals surface area contributed by atoms with Gasteiger partial charge in [0.05, 0.1) is 20.0 Å². The molecule has 0 aromatic heterocycles. The summed E-state index contributed by atoms with van der Waals surface area (Å²) in [5.41, 5.74) is 5.13. The van der Waals surface area contributed by atoms with Crippen LogP contribution in [0.25, 0.3) is 0 Å². The van der Waals surface area contributed by atoms with Crippen LogP contribution in [-0.2, 0) is 32.0 Å². The molecule has 206 valence electrons. The third kappa shape index (κ3) is 9.78. The maximum absolute atomic E-state index is 13.6. The SMILES string of the molecule is COC(=O)[C@H](Cc1ccccc1)NC(=O)CC(NNC(=O)Cc1ccc(Oc2ccccc2)cc1)C(F)(F)F. The van der Waals surface area contributed by atoms with Crippen LogP contribution in [-0.4, -0.2) is 43.2 Å². The standard InChI is InChI=1S/C28H28F3N3O5/c1-38-27(37)23(16-19-8-4-2-5-9-19)32-25(35)18-24(28(29,30)31)33-34-26(36)17-20-12-14-22(15-13-20)39-21-10-6-3-7-11-21/h2-15,23-24,33H,16-18H2,1H3,(H,32,35)(H,34,36)/t23-,24?/m0/s1. The molecule has 0 spiro atoms. The number of benzene rings is 3. The number of carbonyl (C=O) groups is 3. The topological polar surface area (TPSA) is 106 Å². The van der Waals surface area contributed by atoms with Crippen LogP contribution in [0.5, 0.6) is 11.5 Å². The average Bonchev–Trinajstić information content (AvgIpc) is 2.92. The fourth-order valence-electron chi connectivity index (χ4n) is 3.57. The minimum Gasteiger partial charge on any atom is -0.467 e. The number of hydrazine groups is 1. The Balaban J connectivity index is 1.53. The molecule has 11 heteroatoms. The summed E-state index contributed by atoms with van der Waals surface area (Å²) in [5, 5.41) is 2.29. The van der Waals surface area contributed by atoms with Gasteiger partial charge in [0.2, 0.25) is 11.8 Å². The first-order valence-corrected chi connectivity index (χ1v) is 12.0. The minimum absolute atomic E-state index is 0.0370. The highest BCUT2D eigenvalue weighted by Gasteiger charge is 2.41. The molecule has 0 fully saturated rings. The predicted molar refractivity (Wildman–Crippen MR) is 136 cm³/mol. The van der Waals surface area contributed by atoms with E-state index in [-0.39, 0.29) is 12.8 Å². The largest absolute Gasteiger partial charge is 0.467 e. The number of alkyl halides is 3. The molecule has 39 heavy (non-hydrogen) atoms. The van der Waals surface area contributed by atoms with E-state index in [0.717, 1.165) is 7.11 Å². The quantitative estimate of drug-likeness (QED) is 0.237. The first-order chi connectivity index (χ1) is 18.6. The Morgan fingerprint density at radius 3 is 1.97 bits per heavy atom. The van der Waals surface area contributed by atoms with Crippen molar-refractivity contribution in [2.75, 3.05) is 7.11 Å². The van der Waals surface area contributed by atoms with Gasteiger partial charge in [-0.2, -0.15) is 13.2 Å². The lowest BCUT2D eigenvalue weighted by atomic mass is 10.1. The van der Waals surface area contributed by atoms with Crippen LogP contribution in [0.15, 0.2) is 84.9 Å². The number of halogens is 3. The second-order valence-corrected chi connectivity index (χ2v) is 8.56. The molecule has 2 atom stereocenters. The summed E-state index contributed by atoms with van der Waals surface area (Å²) in [7, 11) is 1.12. The van der Waals surface area contributed by atoms with Crippen LogP contribution >= 0.6 is 0 Å². The molecule has 3 N–H and O–H groups in total. The third-order valence-electron chi connectivity index (χ3n) is 5.54. The Bertz CT molecular complexity index is 1220. The summed E-state index contributed by atoms with van der Waals surface area (Å²) in [5.74, 6) is -1.41. The molecule has 3 aromatic rings. The number of ether oxygens (including phenoxy) is 2. The molecule has 0 aliphatic rings. The Morgan fingerprint density at radius 1 is 0.795 bits per heavy atom. The number of methoxy groups -OCH3 is 1. The lowest BCUT2D eigenvalue weighted by molar-refractivity contribution is -0.165. The Morgan fingerprint density at radius 2 is 1.38 bits per heavy atom. The Labute approximate surface area is 223 Å². The highest BCUT2D eigenvalue weighted by atomic mass is 19.4. The zero-order valence-corrected chi connectivity index (χ0v) is 21.0. The zero-order valence-electron chi connectivity index (χ0n) is 21.0. The van der Waals surface area contributed by atoms with E-state index >= 15 is 0 Å². The van der Waals surface area contributed by atoms with Crippen LogP contribution in [0.2, 0.25) is 0 Å². The second kappa shape index (κ2) is 14.0. The zero-order chi connectivity index (χ0) is 28.3. The monoisotopic (exact) mass is 543 g/mol. The maximum atomic E-state index is 13.6. The number of nitrogens with one attached hydrogen (secondary N) is 3. The molecule has 1 unspecified atom stereocenters. The van der Waals surface area contributed by atoms with Gasteiger partial charge >= 0.3 is 12.1 Å². The van der Waals surface area contributed by atoms with E-state index < -0.39 is 42.5 Å². The van der Waals surface area contributed by atoms with Crippen LogP contribution in [0, 0.1) is 0 Å². The summed E-state index contributed by atoms with van der Waals surface area (Å²) in [6, 6.07) is 20.6. The number of carbonyl (C=O) groups excluding carboxylic acids is 3. The van der Waals surface area contributed by atoms with E-state index in [1.165, 1.54) is 0 Å². The second-order valence-electron chi connectivity index (χ2n) is 8.56. The average molecular weight is 544 g/mol. The number of para-hydroxylation sites is 1. The van der Waals surface area contributed by atoms with Crippen LogP contribution in [0.3, 0.4) is 0 Å². The Kier molecular flexibility index (Phi) is 10.4. The molecule has 0 aliphatic heterocycles. The first-order valence-electron chi connectivity index (χ1n) is 12.0. The molecule has 8 nitrogen and oxygen atoms in total. The van der Waals surface area contributed by atoms with Gasteiger partial charge < -0.3 is 14.8 Å².